The lowest BCUT2D eigenvalue weighted by atomic mass is 9.77. The van der Waals surface area contributed by atoms with Crippen molar-refractivity contribution in [1.29, 1.82) is 0 Å². The van der Waals surface area contributed by atoms with Gasteiger partial charge in [0.1, 0.15) is 0 Å². The monoisotopic (exact) mass is 221 g/mol. The predicted molar refractivity (Wildman–Crippen MR) is 64.0 cm³/mol. The Labute approximate surface area is 95.6 Å². The molecule has 1 saturated heterocycles. The summed E-state index contributed by atoms with van der Waals surface area (Å²) in [5.41, 5.74) is 2.58. The third kappa shape index (κ3) is 2.37. The molecule has 0 bridgehead atoms. The highest BCUT2D eigenvalue weighted by Crippen LogP contribution is 2.16. The summed E-state index contributed by atoms with van der Waals surface area (Å²) >= 11 is 0. The molecule has 0 amide bonds. The predicted octanol–water partition coefficient (Wildman–Crippen LogP) is -0.489. The van der Waals surface area contributed by atoms with Gasteiger partial charge in [-0.3, -0.25) is 0 Å². The molecule has 0 spiro atoms. The number of benzene rings is 1. The zero-order valence-corrected chi connectivity index (χ0v) is 9.39. The highest BCUT2D eigenvalue weighted by atomic mass is 16.5. The summed E-state index contributed by atoms with van der Waals surface area (Å²) in [6.07, 6.45) is 0. The normalized spacial score (nSPS) is 16.3. The second-order valence-corrected chi connectivity index (χ2v) is 4.01. The quantitative estimate of drug-likeness (QED) is 0.662. The van der Waals surface area contributed by atoms with Gasteiger partial charge in [0.2, 0.25) is 0 Å². The molecule has 1 aliphatic heterocycles. The molecular formula is C11H16BNO3. The maximum Gasteiger partial charge on any atom is 0.488 e. The molecular weight excluding hydrogens is 205 g/mol. The Bertz CT molecular complexity index is 364. The topological polar surface area (TPSA) is 52.9 Å². The Kier molecular flexibility index (Phi) is 3.48. The Balaban J connectivity index is 2.19. The van der Waals surface area contributed by atoms with Gasteiger partial charge < -0.3 is 19.7 Å². The third-order valence-corrected chi connectivity index (χ3v) is 2.91. The molecule has 1 aromatic carbocycles. The van der Waals surface area contributed by atoms with Gasteiger partial charge in [0.15, 0.2) is 0 Å². The minimum absolute atomic E-state index is 0.567. The summed E-state index contributed by atoms with van der Waals surface area (Å²) in [5, 5.41) is 18.3. The van der Waals surface area contributed by atoms with Gasteiger partial charge in [0.05, 0.1) is 13.2 Å². The summed E-state index contributed by atoms with van der Waals surface area (Å²) in [4.78, 5) is 2.24. The molecule has 1 aromatic rings. The first-order chi connectivity index (χ1) is 7.68. The number of rotatable bonds is 2. The SMILES string of the molecule is Cc1cc(N2CCOCC2)ccc1B(O)O. The van der Waals surface area contributed by atoms with Crippen molar-refractivity contribution < 1.29 is 14.8 Å². The first-order valence-electron chi connectivity index (χ1n) is 5.48. The van der Waals surface area contributed by atoms with Crippen LogP contribution in [0.2, 0.25) is 0 Å². The first-order valence-corrected chi connectivity index (χ1v) is 5.48. The molecule has 2 rings (SSSR count). The number of hydrogen-bond donors (Lipinski definition) is 2. The highest BCUT2D eigenvalue weighted by Gasteiger charge is 2.16. The van der Waals surface area contributed by atoms with E-state index in [1.807, 2.05) is 19.1 Å². The van der Waals surface area contributed by atoms with Crippen molar-refractivity contribution in [3.05, 3.63) is 23.8 Å². The zero-order valence-electron chi connectivity index (χ0n) is 9.39. The van der Waals surface area contributed by atoms with Crippen LogP contribution in [0.25, 0.3) is 0 Å². The molecule has 4 nitrogen and oxygen atoms in total. The second-order valence-electron chi connectivity index (χ2n) is 4.01. The maximum absolute atomic E-state index is 9.13. The molecule has 0 aromatic heterocycles. The minimum atomic E-state index is -1.39. The molecule has 0 saturated carbocycles. The molecule has 1 heterocycles. The van der Waals surface area contributed by atoms with Crippen molar-refractivity contribution in [3.8, 4) is 0 Å². The molecule has 16 heavy (non-hydrogen) atoms. The van der Waals surface area contributed by atoms with E-state index in [4.69, 9.17) is 14.8 Å². The number of morpholine rings is 1. The van der Waals surface area contributed by atoms with Crippen molar-refractivity contribution in [3.63, 3.8) is 0 Å². The minimum Gasteiger partial charge on any atom is -0.423 e. The molecule has 86 valence electrons. The van der Waals surface area contributed by atoms with E-state index in [0.717, 1.165) is 37.6 Å². The summed E-state index contributed by atoms with van der Waals surface area (Å²) in [6.45, 7) is 5.17. The molecule has 5 heteroatoms. The highest BCUT2D eigenvalue weighted by molar-refractivity contribution is 6.59. The van der Waals surface area contributed by atoms with Crippen LogP contribution in [0.1, 0.15) is 5.56 Å². The second kappa shape index (κ2) is 4.87. The van der Waals surface area contributed by atoms with Crippen LogP contribution in [-0.4, -0.2) is 43.5 Å². The molecule has 0 aliphatic carbocycles. The fourth-order valence-corrected chi connectivity index (χ4v) is 1.97. The average molecular weight is 221 g/mol. The molecule has 0 atom stereocenters. The van der Waals surface area contributed by atoms with Crippen LogP contribution in [0, 0.1) is 6.92 Å². The molecule has 1 aliphatic rings. The van der Waals surface area contributed by atoms with E-state index in [1.165, 1.54) is 0 Å². The Morgan fingerprint density at radius 1 is 1.25 bits per heavy atom. The number of aryl methyl sites for hydroxylation is 1. The van der Waals surface area contributed by atoms with Crippen molar-refractivity contribution in [2.75, 3.05) is 31.2 Å². The summed E-state index contributed by atoms with van der Waals surface area (Å²) < 4.78 is 5.29. The largest absolute Gasteiger partial charge is 0.488 e. The third-order valence-electron chi connectivity index (χ3n) is 2.91. The molecule has 2 N–H and O–H groups in total. The average Bonchev–Trinajstić information content (AvgIpc) is 2.29. The molecule has 0 unspecified atom stereocenters. The number of nitrogens with zero attached hydrogens (tertiary/aromatic N) is 1. The van der Waals surface area contributed by atoms with Gasteiger partial charge >= 0.3 is 7.12 Å². The van der Waals surface area contributed by atoms with Crippen LogP contribution >= 0.6 is 0 Å². The van der Waals surface area contributed by atoms with Crippen LogP contribution in [0.4, 0.5) is 5.69 Å². The van der Waals surface area contributed by atoms with Gasteiger partial charge in [-0.1, -0.05) is 6.07 Å². The maximum atomic E-state index is 9.13. The van der Waals surface area contributed by atoms with Crippen molar-refractivity contribution in [1.82, 2.24) is 0 Å². The van der Waals surface area contributed by atoms with Gasteiger partial charge in [-0.2, -0.15) is 0 Å². The lowest BCUT2D eigenvalue weighted by Gasteiger charge is -2.29. The van der Waals surface area contributed by atoms with E-state index in [2.05, 4.69) is 4.90 Å². The van der Waals surface area contributed by atoms with E-state index in [9.17, 15) is 0 Å². The fourth-order valence-electron chi connectivity index (χ4n) is 1.97. The van der Waals surface area contributed by atoms with E-state index in [0.29, 0.717) is 5.46 Å². The summed E-state index contributed by atoms with van der Waals surface area (Å²) in [6, 6.07) is 5.68. The van der Waals surface area contributed by atoms with E-state index < -0.39 is 7.12 Å². The van der Waals surface area contributed by atoms with Crippen LogP contribution in [0.15, 0.2) is 18.2 Å². The number of hydrogen-bond acceptors (Lipinski definition) is 4. The van der Waals surface area contributed by atoms with E-state index in [1.54, 1.807) is 6.07 Å². The van der Waals surface area contributed by atoms with Crippen LogP contribution in [0.3, 0.4) is 0 Å². The van der Waals surface area contributed by atoms with E-state index in [-0.39, 0.29) is 0 Å². The zero-order chi connectivity index (χ0) is 11.5. The van der Waals surface area contributed by atoms with Gasteiger partial charge in [0.25, 0.3) is 0 Å². The molecule has 1 fully saturated rings. The van der Waals surface area contributed by atoms with Gasteiger partial charge in [-0.05, 0) is 30.1 Å². The summed E-state index contributed by atoms with van der Waals surface area (Å²) in [7, 11) is -1.39. The van der Waals surface area contributed by atoms with Crippen LogP contribution in [0.5, 0.6) is 0 Å². The van der Waals surface area contributed by atoms with Gasteiger partial charge in [-0.25, -0.2) is 0 Å². The number of ether oxygens (including phenoxy) is 1. The molecule has 0 radical (unpaired) electrons. The standard InChI is InChI=1S/C11H16BNO3/c1-9-8-10(2-3-11(9)12(14)15)13-4-6-16-7-5-13/h2-3,8,14-15H,4-7H2,1H3. The van der Waals surface area contributed by atoms with Gasteiger partial charge in [-0.15, -0.1) is 0 Å². The Morgan fingerprint density at radius 2 is 1.94 bits per heavy atom. The Hall–Kier alpha value is -1.04. The van der Waals surface area contributed by atoms with Gasteiger partial charge in [0, 0.05) is 18.8 Å². The van der Waals surface area contributed by atoms with Crippen molar-refractivity contribution in [2.45, 2.75) is 6.92 Å². The smallest absolute Gasteiger partial charge is 0.423 e. The van der Waals surface area contributed by atoms with E-state index >= 15 is 0 Å². The number of anilines is 1. The summed E-state index contributed by atoms with van der Waals surface area (Å²) in [5.74, 6) is 0. The van der Waals surface area contributed by atoms with Crippen LogP contribution in [-0.2, 0) is 4.74 Å². The first kappa shape index (κ1) is 11.5. The van der Waals surface area contributed by atoms with Crippen molar-refractivity contribution >= 4 is 18.3 Å². The van der Waals surface area contributed by atoms with Crippen molar-refractivity contribution in [2.24, 2.45) is 0 Å². The fraction of sp³-hybridized carbons (Fsp3) is 0.455. The Morgan fingerprint density at radius 3 is 2.50 bits per heavy atom. The lowest BCUT2D eigenvalue weighted by molar-refractivity contribution is 0.122. The lowest BCUT2D eigenvalue weighted by Crippen LogP contribution is -2.37. The van der Waals surface area contributed by atoms with Crippen LogP contribution < -0.4 is 10.4 Å².